The lowest BCUT2D eigenvalue weighted by Crippen LogP contribution is -2.33. The standard InChI is InChI=1S/C21H20FN3O4S/c1-2-23-21(24-11-13-7-8-16-17(9-13)29-12-28-16)30-18-10-19(26)25(20(18)27)15-6-4-3-5-14(15)22/h3-9,18H,2,10-12H2,1H3,(H,23,24). The summed E-state index contributed by atoms with van der Waals surface area (Å²) in [6.45, 7) is 3.11. The average molecular weight is 429 g/mol. The van der Waals surface area contributed by atoms with Crippen LogP contribution < -0.4 is 19.7 Å². The number of nitrogens with zero attached hydrogens (tertiary/aromatic N) is 2. The molecule has 2 aromatic rings. The van der Waals surface area contributed by atoms with Gasteiger partial charge in [0.15, 0.2) is 16.7 Å². The number of hydrogen-bond acceptors (Lipinski definition) is 6. The monoisotopic (exact) mass is 429 g/mol. The maximum absolute atomic E-state index is 14.1. The van der Waals surface area contributed by atoms with Crippen LogP contribution in [0, 0.1) is 5.82 Å². The molecule has 2 aliphatic rings. The van der Waals surface area contributed by atoms with Crippen LogP contribution in [0.2, 0.25) is 0 Å². The van der Waals surface area contributed by atoms with Crippen molar-refractivity contribution in [1.82, 2.24) is 5.32 Å². The number of thioether (sulfide) groups is 1. The van der Waals surface area contributed by atoms with Gasteiger partial charge in [0.2, 0.25) is 18.6 Å². The van der Waals surface area contributed by atoms with Crippen molar-refractivity contribution in [3.8, 4) is 11.5 Å². The first-order valence-corrected chi connectivity index (χ1v) is 10.4. The SMILES string of the molecule is CCNC(=NCc1ccc2c(c1)OCO2)SC1CC(=O)N(c2ccccc2F)C1=O. The normalized spacial score (nSPS) is 18.3. The summed E-state index contributed by atoms with van der Waals surface area (Å²) in [5, 5.41) is 3.03. The van der Waals surface area contributed by atoms with Gasteiger partial charge in [0, 0.05) is 13.0 Å². The first-order chi connectivity index (χ1) is 14.6. The van der Waals surface area contributed by atoms with Crippen molar-refractivity contribution in [3.05, 3.63) is 53.8 Å². The third kappa shape index (κ3) is 4.11. The van der Waals surface area contributed by atoms with Crippen molar-refractivity contribution in [3.63, 3.8) is 0 Å². The Morgan fingerprint density at radius 1 is 1.23 bits per heavy atom. The molecule has 1 atom stereocenters. The van der Waals surface area contributed by atoms with E-state index in [0.717, 1.165) is 10.5 Å². The molecule has 0 aromatic heterocycles. The highest BCUT2D eigenvalue weighted by molar-refractivity contribution is 8.15. The summed E-state index contributed by atoms with van der Waals surface area (Å²) < 4.78 is 24.8. The van der Waals surface area contributed by atoms with Gasteiger partial charge < -0.3 is 14.8 Å². The van der Waals surface area contributed by atoms with Gasteiger partial charge >= 0.3 is 0 Å². The molecule has 1 unspecified atom stereocenters. The number of benzene rings is 2. The maximum atomic E-state index is 14.1. The Kier molecular flexibility index (Phi) is 5.89. The number of fused-ring (bicyclic) bond motifs is 1. The maximum Gasteiger partial charge on any atom is 0.247 e. The topological polar surface area (TPSA) is 80.2 Å². The van der Waals surface area contributed by atoms with Gasteiger partial charge in [-0.3, -0.25) is 14.6 Å². The van der Waals surface area contributed by atoms with E-state index in [1.807, 2.05) is 25.1 Å². The van der Waals surface area contributed by atoms with E-state index in [4.69, 9.17) is 9.47 Å². The third-order valence-corrected chi connectivity index (χ3v) is 5.77. The fraction of sp³-hybridized carbons (Fsp3) is 0.286. The van der Waals surface area contributed by atoms with Gasteiger partial charge in [0.1, 0.15) is 11.1 Å². The summed E-state index contributed by atoms with van der Waals surface area (Å²) in [7, 11) is 0. The molecule has 30 heavy (non-hydrogen) atoms. The van der Waals surface area contributed by atoms with E-state index in [1.165, 1.54) is 30.0 Å². The Morgan fingerprint density at radius 2 is 2.03 bits per heavy atom. The zero-order chi connectivity index (χ0) is 21.1. The van der Waals surface area contributed by atoms with Crippen LogP contribution in [-0.4, -0.2) is 35.6 Å². The number of imide groups is 1. The third-order valence-electron chi connectivity index (χ3n) is 4.62. The molecule has 0 bridgehead atoms. The van der Waals surface area contributed by atoms with Gasteiger partial charge in [-0.1, -0.05) is 30.0 Å². The van der Waals surface area contributed by atoms with Crippen molar-refractivity contribution in [2.24, 2.45) is 4.99 Å². The molecule has 2 aliphatic heterocycles. The van der Waals surface area contributed by atoms with Crippen LogP contribution in [0.3, 0.4) is 0 Å². The fourth-order valence-corrected chi connectivity index (χ4v) is 4.27. The first-order valence-electron chi connectivity index (χ1n) is 9.51. The lowest BCUT2D eigenvalue weighted by atomic mass is 10.2. The largest absolute Gasteiger partial charge is 0.454 e. The number of ether oxygens (including phenoxy) is 2. The number of carbonyl (C=O) groups excluding carboxylic acids is 2. The number of halogens is 1. The number of nitrogens with one attached hydrogen (secondary N) is 1. The smallest absolute Gasteiger partial charge is 0.247 e. The Bertz CT molecular complexity index is 1010. The van der Waals surface area contributed by atoms with Crippen LogP contribution >= 0.6 is 11.8 Å². The zero-order valence-electron chi connectivity index (χ0n) is 16.3. The lowest BCUT2D eigenvalue weighted by Gasteiger charge is -2.16. The van der Waals surface area contributed by atoms with E-state index in [1.54, 1.807) is 6.07 Å². The highest BCUT2D eigenvalue weighted by atomic mass is 32.2. The summed E-state index contributed by atoms with van der Waals surface area (Å²) in [5.74, 6) is -0.0870. The minimum Gasteiger partial charge on any atom is -0.454 e. The molecule has 1 saturated heterocycles. The zero-order valence-corrected chi connectivity index (χ0v) is 17.1. The Balaban J connectivity index is 1.48. The number of rotatable bonds is 5. The van der Waals surface area contributed by atoms with Crippen LogP contribution in [0.1, 0.15) is 18.9 Å². The molecule has 0 saturated carbocycles. The van der Waals surface area contributed by atoms with E-state index in [-0.39, 0.29) is 18.9 Å². The number of para-hydroxylation sites is 1. The van der Waals surface area contributed by atoms with Crippen molar-refractivity contribution in [1.29, 1.82) is 0 Å². The molecule has 0 spiro atoms. The van der Waals surface area contributed by atoms with E-state index in [0.29, 0.717) is 29.8 Å². The Morgan fingerprint density at radius 3 is 2.83 bits per heavy atom. The van der Waals surface area contributed by atoms with Crippen LogP contribution in [0.5, 0.6) is 11.5 Å². The summed E-state index contributed by atoms with van der Waals surface area (Å²) >= 11 is 1.19. The van der Waals surface area contributed by atoms with Gasteiger partial charge in [0.05, 0.1) is 12.2 Å². The highest BCUT2D eigenvalue weighted by Gasteiger charge is 2.41. The average Bonchev–Trinajstić information content (AvgIpc) is 3.31. The second-order valence-corrected chi connectivity index (χ2v) is 7.86. The van der Waals surface area contributed by atoms with E-state index in [2.05, 4.69) is 10.3 Å². The van der Waals surface area contributed by atoms with Crippen molar-refractivity contribution >= 4 is 34.4 Å². The molecule has 2 heterocycles. The molecule has 0 radical (unpaired) electrons. The summed E-state index contributed by atoms with van der Waals surface area (Å²) in [6.07, 6.45) is -0.00767. The first kappa shape index (κ1) is 20.2. The van der Waals surface area contributed by atoms with Crippen molar-refractivity contribution < 1.29 is 23.5 Å². The van der Waals surface area contributed by atoms with Crippen molar-refractivity contribution in [2.45, 2.75) is 25.1 Å². The molecule has 1 fully saturated rings. The Labute approximate surface area is 177 Å². The molecule has 2 aromatic carbocycles. The van der Waals surface area contributed by atoms with Gasteiger partial charge in [-0.2, -0.15) is 0 Å². The van der Waals surface area contributed by atoms with Crippen LogP contribution in [0.4, 0.5) is 10.1 Å². The second-order valence-electron chi connectivity index (χ2n) is 6.67. The summed E-state index contributed by atoms with van der Waals surface area (Å²) in [6, 6.07) is 11.4. The summed E-state index contributed by atoms with van der Waals surface area (Å²) in [4.78, 5) is 30.7. The highest BCUT2D eigenvalue weighted by Crippen LogP contribution is 2.33. The molecule has 1 N–H and O–H groups in total. The van der Waals surface area contributed by atoms with E-state index >= 15 is 0 Å². The molecule has 9 heteroatoms. The fourth-order valence-electron chi connectivity index (χ4n) is 3.21. The van der Waals surface area contributed by atoms with Crippen LogP contribution in [0.25, 0.3) is 0 Å². The molecule has 4 rings (SSSR count). The molecule has 156 valence electrons. The Hall–Kier alpha value is -3.07. The predicted molar refractivity (Wildman–Crippen MR) is 112 cm³/mol. The molecule has 2 amide bonds. The lowest BCUT2D eigenvalue weighted by molar-refractivity contribution is -0.121. The minimum atomic E-state index is -0.660. The van der Waals surface area contributed by atoms with E-state index < -0.39 is 22.9 Å². The van der Waals surface area contributed by atoms with Gasteiger partial charge in [0.25, 0.3) is 0 Å². The van der Waals surface area contributed by atoms with Crippen LogP contribution in [0.15, 0.2) is 47.5 Å². The molecular weight excluding hydrogens is 409 g/mol. The van der Waals surface area contributed by atoms with Gasteiger partial charge in [-0.05, 0) is 36.8 Å². The molecule has 7 nitrogen and oxygen atoms in total. The van der Waals surface area contributed by atoms with E-state index in [9.17, 15) is 14.0 Å². The number of anilines is 1. The van der Waals surface area contributed by atoms with Crippen LogP contribution in [-0.2, 0) is 16.1 Å². The van der Waals surface area contributed by atoms with Gasteiger partial charge in [-0.25, -0.2) is 9.29 Å². The summed E-state index contributed by atoms with van der Waals surface area (Å²) in [5.41, 5.74) is 0.912. The van der Waals surface area contributed by atoms with Gasteiger partial charge in [-0.15, -0.1) is 0 Å². The molecule has 0 aliphatic carbocycles. The number of amides is 2. The predicted octanol–water partition coefficient (Wildman–Crippen LogP) is 3.09. The van der Waals surface area contributed by atoms with Crippen molar-refractivity contribution in [2.75, 3.05) is 18.2 Å². The second kappa shape index (κ2) is 8.74. The quantitative estimate of drug-likeness (QED) is 0.447. The number of amidine groups is 1. The molecular formula is C21H20FN3O4S. The number of aliphatic imine (C=N–C) groups is 1. The number of carbonyl (C=O) groups is 2. The number of hydrogen-bond donors (Lipinski definition) is 1. The minimum absolute atomic E-state index is 0.00767.